The first kappa shape index (κ1) is 79.0. The van der Waals surface area contributed by atoms with E-state index in [4.69, 9.17) is 66.5 Å². The molecule has 9 heterocycles. The summed E-state index contributed by atoms with van der Waals surface area (Å²) in [5, 5.41) is 38.0. The predicted molar refractivity (Wildman–Crippen MR) is 492 cm³/mol. The van der Waals surface area contributed by atoms with Crippen LogP contribution in [-0.2, 0) is 21.7 Å². The zero-order valence-corrected chi connectivity index (χ0v) is 71.9. The molecule has 2 aliphatic rings. The standard InChI is InChI=1S/C104H82N16O8/c1-101(2,3)65-29-13-57(14-30-65)93-113-117-97(125-93)61-21-37-69(38-22-61)121-73-45-49-77-81(53-73)89-105-85(77)110-90-83-55-75(123-71-41-25-63(26-42-71)99-119-115-95(127-99)59-17-33-67(34-18-59)103(7,8)9)47-51-79(83)87(107-90)112-92-84-56-76(124-72-43-27-64(28-44-72)100-120-116-96(128-100)60-19-35-68(36-20-60)104(10,11)12)48-52-80(84)88(108-92)111-91-82-54-74(46-50-78(82)86(106-91)109-89)122-70-39-23-62(24-40-70)98-118-114-94(126-98)58-15-31-66(32-16-58)102(4,5)6/h13-56H,1-12H3,(H2,105,106,107,108,109,110,111,112). The average Bonchev–Trinajstić information content (AvgIpc) is 1.59. The molecular formula is C104H82N16O8. The lowest BCUT2D eigenvalue weighted by Gasteiger charge is -2.18. The first-order valence-corrected chi connectivity index (χ1v) is 42.1. The van der Waals surface area contributed by atoms with Gasteiger partial charge in [0.25, 0.3) is 0 Å². The molecule has 626 valence electrons. The van der Waals surface area contributed by atoms with Crippen LogP contribution in [0.25, 0.3) is 181 Å². The summed E-state index contributed by atoms with van der Waals surface area (Å²) >= 11 is 0. The molecule has 0 aliphatic carbocycles. The number of aromatic amines is 2. The Morgan fingerprint density at radius 2 is 0.391 bits per heavy atom. The van der Waals surface area contributed by atoms with Crippen LogP contribution in [0.3, 0.4) is 0 Å². The Morgan fingerprint density at radius 3 is 0.625 bits per heavy atom. The third-order valence-electron chi connectivity index (χ3n) is 22.8. The normalized spacial score (nSPS) is 12.2. The number of hydrogen-bond acceptors (Lipinski definition) is 22. The molecule has 0 fully saturated rings. The zero-order valence-electron chi connectivity index (χ0n) is 71.9. The summed E-state index contributed by atoms with van der Waals surface area (Å²) in [6.45, 7) is 26.2. The van der Waals surface area contributed by atoms with Crippen molar-refractivity contribution in [3.8, 4) is 183 Å². The van der Waals surface area contributed by atoms with Gasteiger partial charge in [0.1, 0.15) is 68.6 Å². The SMILES string of the molecule is CC(C)(C)c1ccc(-c2nnc(-c3ccc(Oc4ccc5c(c4)-c4nc-5nc5[nH]c(nc6nc(nc7[nH]c(n4)c4ccc(Oc8ccc(-c9nnc(-c%10ccc(C(C)(C)C)cc%10)o9)cc8)cc74)-c4ccc(Oc7ccc(-c8nnc(-c9ccc(C(C)(C)C)cc9)o8)cc7)cc4-6)c4ccc(Oc6ccc(-c7nnc(-c8ccc(C(C)(C)C)cc8)o7)cc6)cc54)cc3)o2)cc1. The van der Waals surface area contributed by atoms with Crippen LogP contribution in [0.2, 0.25) is 0 Å². The molecule has 7 aromatic heterocycles. The van der Waals surface area contributed by atoms with E-state index in [1.54, 1.807) is 0 Å². The van der Waals surface area contributed by atoms with Crippen molar-refractivity contribution in [1.29, 1.82) is 0 Å². The molecule has 24 heteroatoms. The number of nitrogens with one attached hydrogen (secondary N) is 2. The molecule has 2 N–H and O–H groups in total. The van der Waals surface area contributed by atoms with Crippen molar-refractivity contribution in [2.75, 3.05) is 0 Å². The van der Waals surface area contributed by atoms with Crippen molar-refractivity contribution in [3.05, 3.63) is 289 Å². The summed E-state index contributed by atoms with van der Waals surface area (Å²) in [4.78, 5) is 39.6. The Labute approximate surface area is 734 Å². The average molecular weight is 1680 g/mol. The van der Waals surface area contributed by atoms with Gasteiger partial charge in [-0.2, -0.15) is 0 Å². The highest BCUT2D eigenvalue weighted by molar-refractivity contribution is 6.07. The lowest BCUT2D eigenvalue weighted by Crippen LogP contribution is -2.10. The van der Waals surface area contributed by atoms with Crippen LogP contribution in [0.1, 0.15) is 105 Å². The van der Waals surface area contributed by atoms with Gasteiger partial charge in [0.15, 0.2) is 23.3 Å². The van der Waals surface area contributed by atoms with Crippen LogP contribution in [0.5, 0.6) is 46.0 Å². The highest BCUT2D eigenvalue weighted by Crippen LogP contribution is 2.45. The second kappa shape index (κ2) is 30.9. The molecule has 0 radical (unpaired) electrons. The van der Waals surface area contributed by atoms with Crippen molar-refractivity contribution in [1.82, 2.24) is 80.7 Å². The minimum atomic E-state index is -0.00394. The van der Waals surface area contributed by atoms with E-state index in [0.29, 0.717) is 183 Å². The summed E-state index contributed by atoms with van der Waals surface area (Å²) in [6, 6.07) is 85.7. The minimum absolute atomic E-state index is 0.00391. The summed E-state index contributed by atoms with van der Waals surface area (Å²) in [5.41, 5.74) is 15.3. The lowest BCUT2D eigenvalue weighted by molar-refractivity contribution is 0.482. The van der Waals surface area contributed by atoms with E-state index in [-0.39, 0.29) is 21.7 Å². The quantitative estimate of drug-likeness (QED) is 0.0908. The van der Waals surface area contributed by atoms with Crippen molar-refractivity contribution in [2.24, 2.45) is 0 Å². The molecule has 0 spiro atoms. The van der Waals surface area contributed by atoms with E-state index in [2.05, 4.69) is 182 Å². The van der Waals surface area contributed by atoms with Gasteiger partial charge in [-0.3, -0.25) is 0 Å². The van der Waals surface area contributed by atoms with Gasteiger partial charge in [0, 0.05) is 88.3 Å². The monoisotopic (exact) mass is 1680 g/mol. The van der Waals surface area contributed by atoms with E-state index in [1.165, 1.54) is 22.3 Å². The van der Waals surface area contributed by atoms with Gasteiger partial charge in [-0.25, -0.2) is 29.9 Å². The maximum absolute atomic E-state index is 6.70. The van der Waals surface area contributed by atoms with Crippen molar-refractivity contribution in [2.45, 2.75) is 105 Å². The highest BCUT2D eigenvalue weighted by Gasteiger charge is 2.28. The van der Waals surface area contributed by atoms with Crippen LogP contribution in [0, 0.1) is 0 Å². The van der Waals surface area contributed by atoms with E-state index in [0.717, 1.165) is 44.5 Å². The first-order valence-electron chi connectivity index (χ1n) is 42.1. The van der Waals surface area contributed by atoms with Gasteiger partial charge < -0.3 is 46.6 Å². The topological polar surface area (TPSA) is 302 Å². The number of nitrogens with zero attached hydrogens (tertiary/aromatic N) is 14. The van der Waals surface area contributed by atoms with Gasteiger partial charge in [-0.05, 0) is 262 Å². The van der Waals surface area contributed by atoms with Gasteiger partial charge in [-0.1, -0.05) is 132 Å². The number of fused-ring (bicyclic) bond motifs is 20. The van der Waals surface area contributed by atoms with Crippen molar-refractivity contribution >= 4 is 44.1 Å². The molecule has 0 saturated heterocycles. The summed E-state index contributed by atoms with van der Waals surface area (Å²) in [6.07, 6.45) is 0. The number of ether oxygens (including phenoxy) is 4. The van der Waals surface area contributed by atoms with Crippen molar-refractivity contribution in [3.63, 3.8) is 0 Å². The Kier molecular flexibility index (Phi) is 19.1. The zero-order chi connectivity index (χ0) is 87.5. The van der Waals surface area contributed by atoms with Gasteiger partial charge >= 0.3 is 0 Å². The third kappa shape index (κ3) is 15.7. The molecular weight excluding hydrogens is 1600 g/mol. The first-order chi connectivity index (χ1) is 61.7. The summed E-state index contributed by atoms with van der Waals surface area (Å²) < 4.78 is 51.7. The smallest absolute Gasteiger partial charge is 0.248 e. The van der Waals surface area contributed by atoms with Gasteiger partial charge in [0.2, 0.25) is 47.1 Å². The molecule has 0 atom stereocenters. The number of H-pyrrole nitrogens is 2. The maximum atomic E-state index is 6.70. The van der Waals surface area contributed by atoms with Crippen LogP contribution >= 0.6 is 0 Å². The fourth-order valence-electron chi connectivity index (χ4n) is 15.4. The molecule has 24 nitrogen and oxygen atoms in total. The molecule has 21 rings (SSSR count). The van der Waals surface area contributed by atoms with Gasteiger partial charge in [0.05, 0.1) is 0 Å². The molecule has 128 heavy (non-hydrogen) atoms. The molecule has 0 unspecified atom stereocenters. The minimum Gasteiger partial charge on any atom is -0.457 e. The molecule has 19 aromatic rings. The summed E-state index contributed by atoms with van der Waals surface area (Å²) in [5.74, 6) is 8.77. The second-order valence-corrected chi connectivity index (χ2v) is 35.9. The maximum Gasteiger partial charge on any atom is 0.248 e. The molecule has 12 aromatic carbocycles. The van der Waals surface area contributed by atoms with E-state index in [1.807, 2.05) is 218 Å². The van der Waals surface area contributed by atoms with Crippen LogP contribution in [0.15, 0.2) is 285 Å². The number of rotatable bonds is 16. The third-order valence-corrected chi connectivity index (χ3v) is 22.8. The number of benzene rings is 12. The van der Waals surface area contributed by atoms with E-state index >= 15 is 0 Å². The van der Waals surface area contributed by atoms with E-state index in [9.17, 15) is 0 Å². The fraction of sp³-hybridized carbons (Fsp3) is 0.154. The Balaban J connectivity index is 0.661. The van der Waals surface area contributed by atoms with Crippen LogP contribution < -0.4 is 18.9 Å². The number of hydrogen-bond donors (Lipinski definition) is 2. The summed E-state index contributed by atoms with van der Waals surface area (Å²) in [7, 11) is 0. The van der Waals surface area contributed by atoms with Crippen LogP contribution in [-0.4, -0.2) is 80.7 Å². The van der Waals surface area contributed by atoms with E-state index < -0.39 is 0 Å². The highest BCUT2D eigenvalue weighted by atomic mass is 16.5. The molecule has 0 amide bonds. The predicted octanol–water partition coefficient (Wildman–Crippen LogP) is 26.1. The largest absolute Gasteiger partial charge is 0.457 e. The Bertz CT molecular complexity index is 7220. The molecule has 2 aliphatic heterocycles. The molecule has 0 saturated carbocycles. The molecule has 8 bridgehead atoms. The Morgan fingerprint density at radius 1 is 0.195 bits per heavy atom. The Hall–Kier alpha value is -16.2. The number of aromatic nitrogens is 16. The fourth-order valence-corrected chi connectivity index (χ4v) is 15.4. The van der Waals surface area contributed by atoms with Crippen molar-refractivity contribution < 1.29 is 36.6 Å². The van der Waals surface area contributed by atoms with Crippen LogP contribution in [0.4, 0.5) is 0 Å². The second-order valence-electron chi connectivity index (χ2n) is 35.9. The lowest BCUT2D eigenvalue weighted by atomic mass is 9.87. The van der Waals surface area contributed by atoms with Gasteiger partial charge in [-0.15, -0.1) is 40.8 Å².